The number of esters is 3. The Hall–Kier alpha value is -2.30. The molecule has 0 amide bonds. The van der Waals surface area contributed by atoms with Crippen LogP contribution in [-0.2, 0) is 61.2 Å². The van der Waals surface area contributed by atoms with E-state index in [2.05, 4.69) is 32.9 Å². The number of carbonyl (C=O) groups excluding carboxylic acids is 3. The smallest absolute Gasteiger partial charge is 0.463 e. The van der Waals surface area contributed by atoms with Gasteiger partial charge in [0.2, 0.25) is 0 Å². The minimum absolute atomic E-state index is 0.00952. The van der Waals surface area contributed by atoms with Gasteiger partial charge in [0.1, 0.15) is 98.7 Å². The molecule has 0 aromatic carbocycles. The second-order valence-electron chi connectivity index (χ2n) is 26.0. The van der Waals surface area contributed by atoms with Gasteiger partial charge in [-0.05, 0) is 44.9 Å². The zero-order valence-corrected chi connectivity index (χ0v) is 57.4. The molecule has 1 aliphatic carbocycles. The number of allylic oxidation sites excluding steroid dienone is 2. The first-order valence-corrected chi connectivity index (χ1v) is 37.5. The third-order valence-electron chi connectivity index (χ3n) is 17.8. The molecule has 24 nitrogen and oxygen atoms in total. The monoisotopic (exact) mass is 1360 g/mol. The molecule has 2 saturated heterocycles. The summed E-state index contributed by atoms with van der Waals surface area (Å²) in [6.45, 7) is 3.40. The van der Waals surface area contributed by atoms with Crippen LogP contribution in [0.5, 0.6) is 0 Å². The zero-order valence-electron chi connectivity index (χ0n) is 56.5. The van der Waals surface area contributed by atoms with Gasteiger partial charge in [0, 0.05) is 19.3 Å². The van der Waals surface area contributed by atoms with Gasteiger partial charge in [-0.3, -0.25) is 23.4 Å². The number of hydrogen-bond acceptors (Lipinski definition) is 23. The van der Waals surface area contributed by atoms with E-state index in [0.29, 0.717) is 19.3 Å². The number of phosphoric ester groups is 1. The normalized spacial score (nSPS) is 28.5. The Morgan fingerprint density at radius 2 is 0.753 bits per heavy atom. The second-order valence-corrected chi connectivity index (χ2v) is 27.4. The van der Waals surface area contributed by atoms with E-state index in [1.807, 2.05) is 0 Å². The number of aliphatic hydroxyl groups is 10. The van der Waals surface area contributed by atoms with E-state index >= 15 is 0 Å². The van der Waals surface area contributed by atoms with E-state index in [0.717, 1.165) is 96.3 Å². The van der Waals surface area contributed by atoms with Crippen molar-refractivity contribution in [2.75, 3.05) is 26.4 Å². The van der Waals surface area contributed by atoms with Crippen LogP contribution in [0.1, 0.15) is 271 Å². The number of hydrogen-bond donors (Lipinski definition) is 11. The van der Waals surface area contributed by atoms with E-state index in [4.69, 9.17) is 42.2 Å². The van der Waals surface area contributed by atoms with E-state index in [1.54, 1.807) is 0 Å². The fourth-order valence-electron chi connectivity index (χ4n) is 11.9. The molecule has 18 atom stereocenters. The Morgan fingerprint density at radius 1 is 0.409 bits per heavy atom. The SMILES string of the molecule is CCCCCCCCC/C=C\CCCCCC(=O)OCC1OC(OC2C(O)C(O)C(O)C(OC3OC(CO)C(O)C(O)C3O)C2OP(=O)(O)OCC(COC(=O)CCCCCCCCCCCCCCC)OC(=O)CCCCCCCCCCCCC)C(O)C(O)C1O. The van der Waals surface area contributed by atoms with Crippen molar-refractivity contribution in [2.24, 2.45) is 0 Å². The van der Waals surface area contributed by atoms with Crippen molar-refractivity contribution < 1.29 is 117 Å². The first-order chi connectivity index (χ1) is 44.8. The van der Waals surface area contributed by atoms with Crippen molar-refractivity contribution in [3.8, 4) is 0 Å². The van der Waals surface area contributed by atoms with Crippen LogP contribution in [-0.4, -0.2) is 204 Å². The summed E-state index contributed by atoms with van der Waals surface area (Å²) in [7, 11) is -5.69. The van der Waals surface area contributed by atoms with E-state index in [-0.39, 0.29) is 19.3 Å². The van der Waals surface area contributed by atoms with E-state index < -0.39 is 156 Å². The van der Waals surface area contributed by atoms with Crippen LogP contribution in [0.15, 0.2) is 12.2 Å². The Balaban J connectivity index is 1.75. The zero-order chi connectivity index (χ0) is 68.2. The summed E-state index contributed by atoms with van der Waals surface area (Å²) >= 11 is 0. The molecule has 18 unspecified atom stereocenters. The van der Waals surface area contributed by atoms with Crippen molar-refractivity contribution in [3.05, 3.63) is 12.2 Å². The number of phosphoric acid groups is 1. The molecule has 3 aliphatic rings. The van der Waals surface area contributed by atoms with Crippen molar-refractivity contribution in [1.29, 1.82) is 0 Å². The standard InChI is InChI=1S/C68H125O24P/c1-4-7-10-13-16-19-22-24-26-29-31-34-37-40-43-53(71)85-48-51-56(74)58(76)63(81)68(89-51)91-65-61(79)59(77)60(78)64(90-67-62(80)57(75)55(73)50(45-69)88-67)66(65)92-93(82,83)86-47-49(87-54(72)44-41-38-35-32-27-21-18-15-12-9-6-3)46-84-52(70)42-39-36-33-30-28-25-23-20-17-14-11-8-5-2/h26,29,49-51,55-69,73-81H,4-25,27-28,30-48H2,1-3H3,(H,82,83)/b29-26-. The number of unbranched alkanes of at least 4 members (excludes halogenated alkanes) is 32. The number of rotatable bonds is 55. The highest BCUT2D eigenvalue weighted by molar-refractivity contribution is 7.47. The molecule has 1 saturated carbocycles. The fraction of sp³-hybridized carbons (Fsp3) is 0.926. The summed E-state index contributed by atoms with van der Waals surface area (Å²) in [5.74, 6) is -2.00. The average molecular weight is 1360 g/mol. The van der Waals surface area contributed by atoms with Crippen LogP contribution in [0.3, 0.4) is 0 Å². The van der Waals surface area contributed by atoms with Gasteiger partial charge in [0.15, 0.2) is 18.7 Å². The van der Waals surface area contributed by atoms with Crippen molar-refractivity contribution >= 4 is 25.7 Å². The lowest BCUT2D eigenvalue weighted by atomic mass is 9.84. The minimum Gasteiger partial charge on any atom is -0.463 e. The van der Waals surface area contributed by atoms with Crippen LogP contribution in [0.25, 0.3) is 0 Å². The van der Waals surface area contributed by atoms with E-state index in [9.17, 15) is 74.9 Å². The lowest BCUT2D eigenvalue weighted by Gasteiger charge is -2.49. The first-order valence-electron chi connectivity index (χ1n) is 36.0. The molecule has 3 rings (SSSR count). The van der Waals surface area contributed by atoms with Gasteiger partial charge < -0.3 is 89.1 Å². The maximum absolute atomic E-state index is 14.3. The molecule has 0 aromatic heterocycles. The summed E-state index contributed by atoms with van der Waals surface area (Å²) < 4.78 is 64.8. The maximum atomic E-state index is 14.3. The summed E-state index contributed by atoms with van der Waals surface area (Å²) in [5, 5.41) is 110. The van der Waals surface area contributed by atoms with Crippen molar-refractivity contribution in [2.45, 2.75) is 375 Å². The maximum Gasteiger partial charge on any atom is 0.472 e. The summed E-state index contributed by atoms with van der Waals surface area (Å²) in [4.78, 5) is 50.8. The van der Waals surface area contributed by atoms with Crippen molar-refractivity contribution in [1.82, 2.24) is 0 Å². The predicted molar refractivity (Wildman–Crippen MR) is 347 cm³/mol. The van der Waals surface area contributed by atoms with Crippen LogP contribution in [0.2, 0.25) is 0 Å². The van der Waals surface area contributed by atoms with Crippen LogP contribution >= 0.6 is 7.82 Å². The van der Waals surface area contributed by atoms with Crippen LogP contribution < -0.4 is 0 Å². The van der Waals surface area contributed by atoms with Gasteiger partial charge in [-0.2, -0.15) is 0 Å². The molecular weight excluding hydrogens is 1230 g/mol. The lowest BCUT2D eigenvalue weighted by molar-refractivity contribution is -0.360. The number of ether oxygens (including phenoxy) is 7. The Kier molecular flexibility index (Phi) is 46.5. The van der Waals surface area contributed by atoms with Gasteiger partial charge in [-0.15, -0.1) is 0 Å². The molecule has 0 aromatic rings. The summed E-state index contributed by atoms with van der Waals surface area (Å²) in [6.07, 6.45) is 7.39. The number of aliphatic hydroxyl groups excluding tert-OH is 10. The predicted octanol–water partition coefficient (Wildman–Crippen LogP) is 8.79. The molecular formula is C68H125O24P. The highest BCUT2D eigenvalue weighted by Gasteiger charge is 2.58. The van der Waals surface area contributed by atoms with Crippen LogP contribution in [0.4, 0.5) is 0 Å². The largest absolute Gasteiger partial charge is 0.472 e. The molecule has 2 aliphatic heterocycles. The first kappa shape index (κ1) is 84.9. The second kappa shape index (κ2) is 50.9. The highest BCUT2D eigenvalue weighted by atomic mass is 31.2. The van der Waals surface area contributed by atoms with Crippen molar-refractivity contribution in [3.63, 3.8) is 0 Å². The van der Waals surface area contributed by atoms with Crippen LogP contribution in [0, 0.1) is 0 Å². The molecule has 0 bridgehead atoms. The Morgan fingerprint density at radius 3 is 1.17 bits per heavy atom. The quantitative estimate of drug-likeness (QED) is 0.00890. The minimum atomic E-state index is -5.69. The van der Waals surface area contributed by atoms with Gasteiger partial charge >= 0.3 is 25.7 Å². The average Bonchev–Trinajstić information content (AvgIpc) is 0.794. The molecule has 2 heterocycles. The molecule has 0 spiro atoms. The summed E-state index contributed by atoms with van der Waals surface area (Å²) in [6, 6.07) is 0. The van der Waals surface area contributed by atoms with Gasteiger partial charge in [0.25, 0.3) is 0 Å². The van der Waals surface area contributed by atoms with Gasteiger partial charge in [0.05, 0.1) is 13.2 Å². The molecule has 11 N–H and O–H groups in total. The summed E-state index contributed by atoms with van der Waals surface area (Å²) in [5.41, 5.74) is 0. The topological polar surface area (TPSA) is 374 Å². The Bertz CT molecular complexity index is 1990. The fourth-order valence-corrected chi connectivity index (χ4v) is 12.8. The lowest BCUT2D eigenvalue weighted by Crippen LogP contribution is -2.69. The van der Waals surface area contributed by atoms with E-state index in [1.165, 1.54) is 116 Å². The molecule has 546 valence electrons. The molecule has 93 heavy (non-hydrogen) atoms. The third kappa shape index (κ3) is 34.9. The van der Waals surface area contributed by atoms with Gasteiger partial charge in [-0.1, -0.05) is 219 Å². The van der Waals surface area contributed by atoms with Gasteiger partial charge in [-0.25, -0.2) is 4.57 Å². The molecule has 3 fully saturated rings. The highest BCUT2D eigenvalue weighted by Crippen LogP contribution is 2.49. The molecule has 0 radical (unpaired) electrons. The Labute approximate surface area is 554 Å². The molecule has 25 heteroatoms. The number of carbonyl (C=O) groups is 3. The third-order valence-corrected chi connectivity index (χ3v) is 18.8.